The topological polar surface area (TPSA) is 75.1 Å². The molecule has 0 aliphatic heterocycles. The molecule has 0 aliphatic rings. The molecule has 0 aliphatic carbocycles. The molecule has 0 amide bonds. The fraction of sp³-hybridized carbons (Fsp3) is 0.133. The Balaban J connectivity index is 2.53. The van der Waals surface area contributed by atoms with Crippen molar-refractivity contribution in [2.75, 3.05) is 7.11 Å². The summed E-state index contributed by atoms with van der Waals surface area (Å²) in [6.45, 7) is 0.248. The monoisotopic (exact) mass is 267 g/mol. The molecule has 0 N–H and O–H groups in total. The van der Waals surface area contributed by atoms with Crippen LogP contribution in [0.25, 0.3) is 21.6 Å². The minimum Gasteiger partial charge on any atom is -0.465 e. The van der Waals surface area contributed by atoms with E-state index in [1.54, 1.807) is 12.1 Å². The largest absolute Gasteiger partial charge is 0.465 e. The van der Waals surface area contributed by atoms with E-state index in [2.05, 4.69) is 10.0 Å². The Morgan fingerprint density at radius 1 is 1.25 bits per heavy atom. The van der Waals surface area contributed by atoms with E-state index in [-0.39, 0.29) is 12.5 Å². The molecular formula is C15H13N3O2. The van der Waals surface area contributed by atoms with Gasteiger partial charge in [0.1, 0.15) is 0 Å². The van der Waals surface area contributed by atoms with Gasteiger partial charge in [0.05, 0.1) is 19.2 Å². The van der Waals surface area contributed by atoms with Crippen LogP contribution >= 0.6 is 0 Å². The van der Waals surface area contributed by atoms with Crippen LogP contribution in [0.3, 0.4) is 0 Å². The van der Waals surface area contributed by atoms with Crippen LogP contribution in [-0.2, 0) is 11.3 Å². The Labute approximate surface area is 116 Å². The van der Waals surface area contributed by atoms with Crippen molar-refractivity contribution in [3.05, 3.63) is 70.1 Å². The van der Waals surface area contributed by atoms with Gasteiger partial charge in [-0.2, -0.15) is 0 Å². The molecule has 2 aromatic carbocycles. The summed E-state index contributed by atoms with van der Waals surface area (Å²) >= 11 is 0. The summed E-state index contributed by atoms with van der Waals surface area (Å²) in [5, 5.41) is 3.54. The van der Waals surface area contributed by atoms with Crippen LogP contribution in [0.15, 0.2) is 53.6 Å². The molecule has 0 fully saturated rings. The predicted octanol–water partition coefficient (Wildman–Crippen LogP) is 3.95. The van der Waals surface area contributed by atoms with Gasteiger partial charge < -0.3 is 4.74 Å². The number of esters is 1. The molecule has 0 saturated heterocycles. The fourth-order valence-electron chi connectivity index (χ4n) is 1.95. The quantitative estimate of drug-likeness (QED) is 0.364. The zero-order valence-electron chi connectivity index (χ0n) is 11.0. The number of hydrogen-bond donors (Lipinski definition) is 0. The minimum absolute atomic E-state index is 0.248. The summed E-state index contributed by atoms with van der Waals surface area (Å²) in [5.74, 6) is -0.390. The van der Waals surface area contributed by atoms with Crippen molar-refractivity contribution in [3.63, 3.8) is 0 Å². The Morgan fingerprint density at radius 2 is 2.00 bits per heavy atom. The lowest BCUT2D eigenvalue weighted by atomic mass is 9.97. The molecule has 0 spiro atoms. The maximum atomic E-state index is 11.8. The summed E-state index contributed by atoms with van der Waals surface area (Å²) in [5.41, 5.74) is 11.4. The van der Waals surface area contributed by atoms with Gasteiger partial charge in [0.25, 0.3) is 0 Å². The molecule has 5 nitrogen and oxygen atoms in total. The number of hydrogen-bond acceptors (Lipinski definition) is 3. The maximum Gasteiger partial charge on any atom is 0.338 e. The number of carbonyl (C=O) groups excluding carboxylic acids is 1. The lowest BCUT2D eigenvalue weighted by Crippen LogP contribution is -2.04. The normalized spacial score (nSPS) is 9.65. The molecular weight excluding hydrogens is 254 g/mol. The second-order valence-corrected chi connectivity index (χ2v) is 4.13. The van der Waals surface area contributed by atoms with Gasteiger partial charge in [0.15, 0.2) is 0 Å². The van der Waals surface area contributed by atoms with E-state index in [4.69, 9.17) is 10.3 Å². The first-order chi connectivity index (χ1) is 9.76. The number of nitrogens with zero attached hydrogens (tertiary/aromatic N) is 3. The minimum atomic E-state index is -0.390. The van der Waals surface area contributed by atoms with Crippen LogP contribution in [0.1, 0.15) is 15.9 Å². The number of ether oxygens (including phenoxy) is 1. The first-order valence-corrected chi connectivity index (χ1v) is 6.03. The Hall–Kier alpha value is -2.78. The lowest BCUT2D eigenvalue weighted by Gasteiger charge is -2.10. The van der Waals surface area contributed by atoms with E-state index < -0.39 is 0 Å². The molecule has 0 radical (unpaired) electrons. The second kappa shape index (κ2) is 6.41. The van der Waals surface area contributed by atoms with Gasteiger partial charge in [-0.3, -0.25) is 0 Å². The molecule has 0 atom stereocenters. The van der Waals surface area contributed by atoms with E-state index in [1.807, 2.05) is 36.4 Å². The summed E-state index contributed by atoms with van der Waals surface area (Å²) in [4.78, 5) is 14.6. The summed E-state index contributed by atoms with van der Waals surface area (Å²) in [6, 6.07) is 14.8. The van der Waals surface area contributed by atoms with Crippen LogP contribution < -0.4 is 0 Å². The molecule has 0 unspecified atom stereocenters. The molecule has 0 heterocycles. The highest BCUT2D eigenvalue weighted by atomic mass is 16.5. The van der Waals surface area contributed by atoms with Gasteiger partial charge >= 0.3 is 5.97 Å². The van der Waals surface area contributed by atoms with Gasteiger partial charge in [0, 0.05) is 4.91 Å². The zero-order valence-corrected chi connectivity index (χ0v) is 11.0. The number of carbonyl (C=O) groups is 1. The summed E-state index contributed by atoms with van der Waals surface area (Å²) in [6.07, 6.45) is 0. The average Bonchev–Trinajstić information content (AvgIpc) is 2.52. The van der Waals surface area contributed by atoms with Crippen molar-refractivity contribution in [2.24, 2.45) is 5.11 Å². The zero-order chi connectivity index (χ0) is 14.4. The van der Waals surface area contributed by atoms with E-state index in [9.17, 15) is 4.79 Å². The van der Waals surface area contributed by atoms with Crippen molar-refractivity contribution in [1.29, 1.82) is 0 Å². The lowest BCUT2D eigenvalue weighted by molar-refractivity contribution is 0.0601. The van der Waals surface area contributed by atoms with Crippen molar-refractivity contribution in [3.8, 4) is 11.1 Å². The number of rotatable bonds is 4. The van der Waals surface area contributed by atoms with Gasteiger partial charge in [-0.05, 0) is 28.3 Å². The SMILES string of the molecule is COC(=O)c1ccc(CN=[N+]=[N-])cc1-c1ccccc1. The Bertz CT molecular complexity index is 662. The number of azide groups is 1. The number of benzene rings is 2. The van der Waals surface area contributed by atoms with Gasteiger partial charge in [0.2, 0.25) is 0 Å². The standard InChI is InChI=1S/C15H13N3O2/c1-20-15(19)13-8-7-11(10-17-18-16)9-14(13)12-5-3-2-4-6-12/h2-9H,10H2,1H3. The highest BCUT2D eigenvalue weighted by molar-refractivity contribution is 5.97. The van der Waals surface area contributed by atoms with Crippen LogP contribution in [0.5, 0.6) is 0 Å². The van der Waals surface area contributed by atoms with Crippen molar-refractivity contribution >= 4 is 5.97 Å². The molecule has 0 bridgehead atoms. The first kappa shape index (κ1) is 13.6. The molecule has 100 valence electrons. The third-order valence-electron chi connectivity index (χ3n) is 2.89. The predicted molar refractivity (Wildman–Crippen MR) is 76.1 cm³/mol. The fourth-order valence-corrected chi connectivity index (χ4v) is 1.95. The molecule has 0 saturated carbocycles. The van der Waals surface area contributed by atoms with E-state index >= 15 is 0 Å². The van der Waals surface area contributed by atoms with Crippen molar-refractivity contribution in [2.45, 2.75) is 6.54 Å². The Kier molecular flexibility index (Phi) is 4.37. The van der Waals surface area contributed by atoms with E-state index in [1.165, 1.54) is 7.11 Å². The third-order valence-corrected chi connectivity index (χ3v) is 2.89. The smallest absolute Gasteiger partial charge is 0.338 e. The molecule has 0 aromatic heterocycles. The van der Waals surface area contributed by atoms with Crippen molar-refractivity contribution < 1.29 is 9.53 Å². The van der Waals surface area contributed by atoms with Crippen molar-refractivity contribution in [1.82, 2.24) is 0 Å². The van der Waals surface area contributed by atoms with Crippen LogP contribution in [0.2, 0.25) is 0 Å². The average molecular weight is 267 g/mol. The maximum absolute atomic E-state index is 11.8. The Morgan fingerprint density at radius 3 is 2.65 bits per heavy atom. The second-order valence-electron chi connectivity index (χ2n) is 4.13. The molecule has 2 aromatic rings. The van der Waals surface area contributed by atoms with Gasteiger partial charge in [-0.15, -0.1) is 0 Å². The first-order valence-electron chi connectivity index (χ1n) is 6.03. The van der Waals surface area contributed by atoms with Crippen LogP contribution in [0, 0.1) is 0 Å². The molecule has 2 rings (SSSR count). The van der Waals surface area contributed by atoms with Crippen LogP contribution in [0.4, 0.5) is 0 Å². The van der Waals surface area contributed by atoms with E-state index in [0.29, 0.717) is 5.56 Å². The van der Waals surface area contributed by atoms with Crippen LogP contribution in [-0.4, -0.2) is 13.1 Å². The number of methoxy groups -OCH3 is 1. The highest BCUT2D eigenvalue weighted by Crippen LogP contribution is 2.26. The van der Waals surface area contributed by atoms with Gasteiger partial charge in [-0.25, -0.2) is 4.79 Å². The third kappa shape index (κ3) is 2.96. The van der Waals surface area contributed by atoms with Gasteiger partial charge in [-0.1, -0.05) is 47.6 Å². The molecule has 20 heavy (non-hydrogen) atoms. The summed E-state index contributed by atoms with van der Waals surface area (Å²) in [7, 11) is 1.35. The molecule has 5 heteroatoms. The highest BCUT2D eigenvalue weighted by Gasteiger charge is 2.13. The summed E-state index contributed by atoms with van der Waals surface area (Å²) < 4.78 is 4.80. The van der Waals surface area contributed by atoms with E-state index in [0.717, 1.165) is 16.7 Å².